The predicted octanol–water partition coefficient (Wildman–Crippen LogP) is 5.45. The molecule has 34 heavy (non-hydrogen) atoms. The number of anilines is 1. The number of benzene rings is 2. The number of halogens is 3. The molecule has 5 nitrogen and oxygen atoms in total. The van der Waals surface area contributed by atoms with Gasteiger partial charge in [0.25, 0.3) is 11.8 Å². The van der Waals surface area contributed by atoms with Crippen molar-refractivity contribution >= 4 is 40.9 Å². The van der Waals surface area contributed by atoms with Gasteiger partial charge in [0.2, 0.25) is 0 Å². The second kappa shape index (κ2) is 9.26. The number of thiocarbonyl (C=S) groups is 1. The minimum atomic E-state index is -4.50. The van der Waals surface area contributed by atoms with Crippen molar-refractivity contribution in [3.8, 4) is 5.69 Å². The maximum absolute atomic E-state index is 13.4. The molecule has 1 fully saturated rings. The molecule has 2 heterocycles. The summed E-state index contributed by atoms with van der Waals surface area (Å²) >= 11 is 5.47. The van der Waals surface area contributed by atoms with E-state index >= 15 is 0 Å². The second-order valence-electron chi connectivity index (χ2n) is 7.62. The van der Waals surface area contributed by atoms with E-state index in [2.05, 4.69) is 0 Å². The maximum Gasteiger partial charge on any atom is 0.416 e. The van der Waals surface area contributed by atoms with Crippen LogP contribution in [0, 0.1) is 0 Å². The Kier molecular flexibility index (Phi) is 6.39. The van der Waals surface area contributed by atoms with E-state index in [4.69, 9.17) is 12.2 Å². The molecule has 9 heteroatoms. The third-order valence-electron chi connectivity index (χ3n) is 5.32. The van der Waals surface area contributed by atoms with Crippen molar-refractivity contribution in [1.82, 2.24) is 9.47 Å². The number of hydrogen-bond acceptors (Lipinski definition) is 3. The van der Waals surface area contributed by atoms with Gasteiger partial charge in [-0.1, -0.05) is 31.2 Å². The molecule has 0 unspecified atom stereocenters. The molecular weight excluding hydrogens is 463 g/mol. The molecule has 174 valence electrons. The van der Waals surface area contributed by atoms with Gasteiger partial charge in [0, 0.05) is 24.1 Å². The average Bonchev–Trinajstić information content (AvgIpc) is 3.28. The Morgan fingerprint density at radius 2 is 1.62 bits per heavy atom. The first-order valence-electron chi connectivity index (χ1n) is 10.5. The van der Waals surface area contributed by atoms with Gasteiger partial charge >= 0.3 is 6.18 Å². The van der Waals surface area contributed by atoms with Crippen LogP contribution >= 0.6 is 12.2 Å². The molecule has 0 bridgehead atoms. The van der Waals surface area contributed by atoms with Crippen molar-refractivity contribution in [2.24, 2.45) is 0 Å². The van der Waals surface area contributed by atoms with Crippen LogP contribution in [0.2, 0.25) is 0 Å². The summed E-state index contributed by atoms with van der Waals surface area (Å²) in [4.78, 5) is 29.3. The highest BCUT2D eigenvalue weighted by atomic mass is 32.1. The molecule has 3 aromatic rings. The molecule has 1 aromatic heterocycles. The number of nitrogens with zero attached hydrogens (tertiary/aromatic N) is 3. The van der Waals surface area contributed by atoms with Gasteiger partial charge < -0.3 is 4.57 Å². The van der Waals surface area contributed by atoms with Gasteiger partial charge in [-0.05, 0) is 67.2 Å². The molecule has 2 aromatic carbocycles. The summed E-state index contributed by atoms with van der Waals surface area (Å²) in [6.45, 7) is 2.21. The Hall–Kier alpha value is -3.72. The van der Waals surface area contributed by atoms with Crippen LogP contribution in [0.1, 0.15) is 24.6 Å². The number of carbonyl (C=O) groups is 2. The number of rotatable bonds is 5. The minimum Gasteiger partial charge on any atom is -0.317 e. The standard InChI is InChI=1S/C25H20F3N3O2S/c1-2-13-30-22(32)21(23(33)31(24(30)34)18-9-4-3-5-10-18)16-20-12-7-14-29(20)19-11-6-8-17(15-19)25(26,27)28/h3-12,14-16H,2,13H2,1H3/b21-16-. The van der Waals surface area contributed by atoms with Crippen molar-refractivity contribution in [3.63, 3.8) is 0 Å². The number of aromatic nitrogens is 1. The molecule has 0 saturated carbocycles. The van der Waals surface area contributed by atoms with Gasteiger partial charge in [0.05, 0.1) is 11.3 Å². The van der Waals surface area contributed by atoms with Gasteiger partial charge in [0.1, 0.15) is 5.57 Å². The molecule has 1 saturated heterocycles. The fraction of sp³-hybridized carbons (Fsp3) is 0.160. The second-order valence-corrected chi connectivity index (χ2v) is 7.99. The number of amides is 2. The highest BCUT2D eigenvalue weighted by Crippen LogP contribution is 2.31. The molecule has 0 aliphatic carbocycles. The van der Waals surface area contributed by atoms with Gasteiger partial charge in [-0.15, -0.1) is 0 Å². The molecule has 0 atom stereocenters. The Morgan fingerprint density at radius 1 is 0.912 bits per heavy atom. The molecule has 1 aliphatic heterocycles. The highest BCUT2D eigenvalue weighted by Gasteiger charge is 2.40. The Balaban J connectivity index is 1.80. The van der Waals surface area contributed by atoms with Crippen LogP contribution in [0.15, 0.2) is 78.5 Å². The zero-order valence-electron chi connectivity index (χ0n) is 18.1. The summed E-state index contributed by atoms with van der Waals surface area (Å²) in [7, 11) is 0. The molecule has 0 N–H and O–H groups in total. The predicted molar refractivity (Wildman–Crippen MR) is 127 cm³/mol. The van der Waals surface area contributed by atoms with Crippen molar-refractivity contribution < 1.29 is 22.8 Å². The molecule has 0 radical (unpaired) electrons. The van der Waals surface area contributed by atoms with Crippen LogP contribution in [-0.4, -0.2) is 32.9 Å². The van der Waals surface area contributed by atoms with E-state index < -0.39 is 23.6 Å². The van der Waals surface area contributed by atoms with Crippen LogP contribution in [0.25, 0.3) is 11.8 Å². The van der Waals surface area contributed by atoms with Gasteiger partial charge in [-0.3, -0.25) is 19.4 Å². The first kappa shape index (κ1) is 23.4. The van der Waals surface area contributed by atoms with E-state index in [1.54, 1.807) is 48.7 Å². The minimum absolute atomic E-state index is 0.0912. The zero-order valence-corrected chi connectivity index (χ0v) is 18.9. The third-order valence-corrected chi connectivity index (χ3v) is 5.72. The average molecular weight is 484 g/mol. The van der Waals surface area contributed by atoms with E-state index in [0.29, 0.717) is 24.3 Å². The monoisotopic (exact) mass is 483 g/mol. The van der Waals surface area contributed by atoms with Crippen molar-refractivity contribution in [2.75, 3.05) is 11.4 Å². The summed E-state index contributed by atoms with van der Waals surface area (Å²) in [5.74, 6) is -1.13. The Labute approximate surface area is 199 Å². The van der Waals surface area contributed by atoms with E-state index in [1.807, 2.05) is 6.92 Å². The van der Waals surface area contributed by atoms with E-state index in [0.717, 1.165) is 12.1 Å². The van der Waals surface area contributed by atoms with E-state index in [1.165, 1.54) is 32.6 Å². The van der Waals surface area contributed by atoms with Crippen LogP contribution in [0.3, 0.4) is 0 Å². The number of carbonyl (C=O) groups excluding carboxylic acids is 2. The lowest BCUT2D eigenvalue weighted by molar-refractivity contribution is -0.137. The fourth-order valence-electron chi connectivity index (χ4n) is 3.73. The Bertz CT molecular complexity index is 1280. The lowest BCUT2D eigenvalue weighted by atomic mass is 10.1. The van der Waals surface area contributed by atoms with Gasteiger partial charge in [0.15, 0.2) is 5.11 Å². The topological polar surface area (TPSA) is 45.6 Å². The first-order valence-corrected chi connectivity index (χ1v) is 10.9. The molecular formula is C25H20F3N3O2S. The molecule has 0 spiro atoms. The van der Waals surface area contributed by atoms with Gasteiger partial charge in [-0.2, -0.15) is 13.2 Å². The summed E-state index contributed by atoms with van der Waals surface area (Å²) in [6.07, 6.45) is -0.908. The van der Waals surface area contributed by atoms with Crippen molar-refractivity contribution in [2.45, 2.75) is 19.5 Å². The van der Waals surface area contributed by atoms with Crippen molar-refractivity contribution in [1.29, 1.82) is 0 Å². The Morgan fingerprint density at radius 3 is 2.29 bits per heavy atom. The number of para-hydroxylation sites is 1. The first-order chi connectivity index (χ1) is 16.2. The van der Waals surface area contributed by atoms with Crippen LogP contribution < -0.4 is 4.90 Å². The summed E-state index contributed by atoms with van der Waals surface area (Å²) in [5.41, 5.74) is 0.233. The lowest BCUT2D eigenvalue weighted by Gasteiger charge is -2.36. The SMILES string of the molecule is CCCN1C(=O)/C(=C/c2cccn2-c2cccc(C(F)(F)F)c2)C(=O)N(c2ccccc2)C1=S. The normalized spacial score (nSPS) is 16.0. The molecule has 2 amide bonds. The van der Waals surface area contributed by atoms with Crippen LogP contribution in [-0.2, 0) is 15.8 Å². The highest BCUT2D eigenvalue weighted by molar-refractivity contribution is 7.80. The van der Waals surface area contributed by atoms with Gasteiger partial charge in [-0.25, -0.2) is 0 Å². The quantitative estimate of drug-likeness (QED) is 0.275. The van der Waals surface area contributed by atoms with Crippen LogP contribution in [0.4, 0.5) is 18.9 Å². The summed E-state index contributed by atoms with van der Waals surface area (Å²) in [6, 6.07) is 16.8. The largest absolute Gasteiger partial charge is 0.416 e. The molecule has 4 rings (SSSR count). The van der Waals surface area contributed by atoms with E-state index in [9.17, 15) is 22.8 Å². The summed E-state index contributed by atoms with van der Waals surface area (Å²) < 4.78 is 41.1. The van der Waals surface area contributed by atoms with E-state index in [-0.39, 0.29) is 16.4 Å². The van der Waals surface area contributed by atoms with Crippen molar-refractivity contribution in [3.05, 3.63) is 89.8 Å². The number of hydrogen-bond donors (Lipinski definition) is 0. The summed E-state index contributed by atoms with van der Waals surface area (Å²) in [5, 5.41) is 0.0912. The molecule has 1 aliphatic rings. The lowest BCUT2D eigenvalue weighted by Crippen LogP contribution is -2.56. The maximum atomic E-state index is 13.4. The zero-order chi connectivity index (χ0) is 24.5. The third kappa shape index (κ3) is 4.38. The van der Waals surface area contributed by atoms with Crippen LogP contribution in [0.5, 0.6) is 0 Å². The smallest absolute Gasteiger partial charge is 0.317 e. The number of alkyl halides is 3. The fourth-order valence-corrected chi connectivity index (χ4v) is 4.09.